The predicted molar refractivity (Wildman–Crippen MR) is 141 cm³/mol. The highest BCUT2D eigenvalue weighted by molar-refractivity contribution is 7.11. The molecular formula is C27H36N4O5S. The van der Waals surface area contributed by atoms with Crippen LogP contribution in [0.2, 0.25) is 0 Å². The van der Waals surface area contributed by atoms with Gasteiger partial charge in [0.15, 0.2) is 5.01 Å². The fourth-order valence-corrected chi connectivity index (χ4v) is 5.02. The summed E-state index contributed by atoms with van der Waals surface area (Å²) in [5, 5.41) is 1.90. The standard InChI is InChI=1S/C27H36N4O5S/c1-17(2)22(28)26(34)31(23(18(3)4)24(33)25-29-12-14-37-25)27(35)30-13-8-11-20(30)15-21(32)36-16-19-9-6-5-7-10-19/h5-7,9-10,12,14,17-18,20,22-23H,8,11,13,15-16,28H2,1-4H3/t20?,22-,23-/m0/s1. The maximum atomic E-state index is 14.0. The van der Waals surface area contributed by atoms with E-state index >= 15 is 0 Å². The molecule has 1 aliphatic rings. The summed E-state index contributed by atoms with van der Waals surface area (Å²) >= 11 is 1.16. The molecule has 2 heterocycles. The van der Waals surface area contributed by atoms with Crippen molar-refractivity contribution < 1.29 is 23.9 Å². The van der Waals surface area contributed by atoms with Gasteiger partial charge < -0.3 is 15.4 Å². The van der Waals surface area contributed by atoms with Gasteiger partial charge in [0, 0.05) is 24.2 Å². The Bertz CT molecular complexity index is 1070. The minimum Gasteiger partial charge on any atom is -0.461 e. The highest BCUT2D eigenvalue weighted by atomic mass is 32.1. The lowest BCUT2D eigenvalue weighted by Crippen LogP contribution is -2.60. The molecule has 1 fully saturated rings. The van der Waals surface area contributed by atoms with Crippen LogP contribution in [0, 0.1) is 11.8 Å². The molecule has 1 aromatic carbocycles. The number of hydrogen-bond acceptors (Lipinski definition) is 8. The predicted octanol–water partition coefficient (Wildman–Crippen LogP) is 3.88. The van der Waals surface area contributed by atoms with Crippen LogP contribution in [0.15, 0.2) is 41.9 Å². The molecule has 1 aliphatic heterocycles. The number of rotatable bonds is 10. The molecule has 10 heteroatoms. The zero-order valence-electron chi connectivity index (χ0n) is 21.8. The van der Waals surface area contributed by atoms with Crippen LogP contribution in [0.25, 0.3) is 0 Å². The number of likely N-dealkylation sites (tertiary alicyclic amines) is 1. The van der Waals surface area contributed by atoms with E-state index in [1.165, 1.54) is 11.1 Å². The van der Waals surface area contributed by atoms with E-state index < -0.39 is 41.8 Å². The normalized spacial score (nSPS) is 17.1. The Kier molecular flexibility index (Phi) is 9.93. The van der Waals surface area contributed by atoms with Crippen molar-refractivity contribution in [1.82, 2.24) is 14.8 Å². The topological polar surface area (TPSA) is 123 Å². The average Bonchev–Trinajstić information content (AvgIpc) is 3.57. The third-order valence-corrected chi connectivity index (χ3v) is 7.32. The molecule has 9 nitrogen and oxygen atoms in total. The Morgan fingerprint density at radius 1 is 1.14 bits per heavy atom. The van der Waals surface area contributed by atoms with Crippen molar-refractivity contribution in [2.45, 2.75) is 71.7 Å². The van der Waals surface area contributed by atoms with Gasteiger partial charge in [0.25, 0.3) is 0 Å². The summed E-state index contributed by atoms with van der Waals surface area (Å²) in [6.07, 6.45) is 2.79. The van der Waals surface area contributed by atoms with E-state index in [4.69, 9.17) is 10.5 Å². The zero-order chi connectivity index (χ0) is 27.1. The third kappa shape index (κ3) is 7.01. The molecule has 1 unspecified atom stereocenters. The van der Waals surface area contributed by atoms with E-state index in [1.54, 1.807) is 33.1 Å². The van der Waals surface area contributed by atoms with Gasteiger partial charge in [0.2, 0.25) is 11.7 Å². The van der Waals surface area contributed by atoms with Gasteiger partial charge >= 0.3 is 12.0 Å². The summed E-state index contributed by atoms with van der Waals surface area (Å²) in [6.45, 7) is 7.66. The zero-order valence-corrected chi connectivity index (χ0v) is 22.6. The molecule has 3 rings (SSSR count). The van der Waals surface area contributed by atoms with Gasteiger partial charge in [0.05, 0.1) is 12.5 Å². The number of ether oxygens (including phenoxy) is 1. The number of nitrogens with zero attached hydrogens (tertiary/aromatic N) is 3. The number of thiazole rings is 1. The Morgan fingerprint density at radius 3 is 2.43 bits per heavy atom. The van der Waals surface area contributed by atoms with E-state index in [-0.39, 0.29) is 29.9 Å². The molecule has 3 atom stereocenters. The lowest BCUT2D eigenvalue weighted by Gasteiger charge is -2.37. The van der Waals surface area contributed by atoms with Crippen LogP contribution in [-0.2, 0) is 20.9 Å². The molecule has 0 radical (unpaired) electrons. The number of urea groups is 1. The summed E-state index contributed by atoms with van der Waals surface area (Å²) in [6, 6.07) is 6.27. The van der Waals surface area contributed by atoms with Crippen LogP contribution in [0.3, 0.4) is 0 Å². The third-order valence-electron chi connectivity index (χ3n) is 6.54. The van der Waals surface area contributed by atoms with E-state index in [0.717, 1.165) is 21.8 Å². The van der Waals surface area contributed by atoms with Crippen LogP contribution < -0.4 is 5.73 Å². The largest absolute Gasteiger partial charge is 0.461 e. The van der Waals surface area contributed by atoms with Crippen molar-refractivity contribution in [3.05, 3.63) is 52.5 Å². The first kappa shape index (κ1) is 28.5. The molecule has 2 N–H and O–H groups in total. The van der Waals surface area contributed by atoms with Crippen molar-refractivity contribution in [3.8, 4) is 0 Å². The molecule has 3 amide bonds. The molecule has 37 heavy (non-hydrogen) atoms. The van der Waals surface area contributed by atoms with Crippen molar-refractivity contribution in [1.29, 1.82) is 0 Å². The lowest BCUT2D eigenvalue weighted by molar-refractivity contribution is -0.146. The summed E-state index contributed by atoms with van der Waals surface area (Å²) in [5.74, 6) is -2.06. The molecule has 200 valence electrons. The van der Waals surface area contributed by atoms with Crippen molar-refractivity contribution in [3.63, 3.8) is 0 Å². The van der Waals surface area contributed by atoms with Gasteiger partial charge in [-0.3, -0.25) is 19.3 Å². The molecule has 1 aromatic heterocycles. The summed E-state index contributed by atoms with van der Waals surface area (Å²) in [4.78, 5) is 60.3. The SMILES string of the molecule is CC(C)[C@H](N)C(=O)N(C(=O)N1CCCC1CC(=O)OCc1ccccc1)[C@H](C(=O)c1nccs1)C(C)C. The Labute approximate surface area is 222 Å². The lowest BCUT2D eigenvalue weighted by atomic mass is 9.95. The first-order chi connectivity index (χ1) is 17.6. The highest BCUT2D eigenvalue weighted by Gasteiger charge is 2.44. The van der Waals surface area contributed by atoms with Crippen molar-refractivity contribution in [2.24, 2.45) is 17.6 Å². The number of hydrogen-bond donors (Lipinski definition) is 1. The number of nitrogens with two attached hydrogens (primary N) is 1. The van der Waals surface area contributed by atoms with Crippen LogP contribution in [-0.4, -0.2) is 63.1 Å². The molecule has 0 saturated carbocycles. The maximum absolute atomic E-state index is 14.0. The van der Waals surface area contributed by atoms with Crippen LogP contribution in [0.1, 0.15) is 62.3 Å². The monoisotopic (exact) mass is 528 g/mol. The van der Waals surface area contributed by atoms with E-state index in [9.17, 15) is 19.2 Å². The summed E-state index contributed by atoms with van der Waals surface area (Å²) in [5.41, 5.74) is 7.07. The minimum atomic E-state index is -1.07. The smallest absolute Gasteiger partial charge is 0.327 e. The molecule has 0 bridgehead atoms. The van der Waals surface area contributed by atoms with E-state index in [1.807, 2.05) is 30.3 Å². The highest BCUT2D eigenvalue weighted by Crippen LogP contribution is 2.27. The van der Waals surface area contributed by atoms with Gasteiger partial charge in [0.1, 0.15) is 12.6 Å². The van der Waals surface area contributed by atoms with Crippen LogP contribution in [0.5, 0.6) is 0 Å². The number of esters is 1. The van der Waals surface area contributed by atoms with Crippen LogP contribution in [0.4, 0.5) is 4.79 Å². The fourth-order valence-electron chi connectivity index (χ4n) is 4.41. The minimum absolute atomic E-state index is 0.00358. The molecule has 1 saturated heterocycles. The van der Waals surface area contributed by atoms with Crippen molar-refractivity contribution in [2.75, 3.05) is 6.54 Å². The number of imide groups is 1. The Hall–Kier alpha value is -3.11. The number of Topliss-reactive ketones (excluding diaryl/α,β-unsaturated/α-hetero) is 1. The Morgan fingerprint density at radius 2 is 1.84 bits per heavy atom. The van der Waals surface area contributed by atoms with Gasteiger partial charge in [-0.25, -0.2) is 9.78 Å². The second kappa shape index (κ2) is 12.9. The average molecular weight is 529 g/mol. The first-order valence-corrected chi connectivity index (χ1v) is 13.5. The quantitative estimate of drug-likeness (QED) is 0.367. The molecule has 0 spiro atoms. The number of carbonyl (C=O) groups excluding carboxylic acids is 4. The number of amides is 3. The molecule has 2 aromatic rings. The van der Waals surface area contributed by atoms with Crippen LogP contribution >= 0.6 is 11.3 Å². The van der Waals surface area contributed by atoms with Gasteiger partial charge in [-0.2, -0.15) is 0 Å². The fraction of sp³-hybridized carbons (Fsp3) is 0.519. The molecule has 0 aliphatic carbocycles. The number of aromatic nitrogens is 1. The first-order valence-electron chi connectivity index (χ1n) is 12.6. The van der Waals surface area contributed by atoms with Gasteiger partial charge in [-0.05, 0) is 30.2 Å². The number of benzene rings is 1. The van der Waals surface area contributed by atoms with Crippen molar-refractivity contribution >= 4 is 35.0 Å². The second-order valence-corrected chi connectivity index (χ2v) is 10.9. The Balaban J connectivity index is 1.83. The maximum Gasteiger partial charge on any atom is 0.327 e. The second-order valence-electron chi connectivity index (χ2n) is 9.99. The van der Waals surface area contributed by atoms with Gasteiger partial charge in [-0.15, -0.1) is 11.3 Å². The number of carbonyl (C=O) groups is 4. The van der Waals surface area contributed by atoms with Gasteiger partial charge in [-0.1, -0.05) is 58.0 Å². The number of ketones is 1. The summed E-state index contributed by atoms with van der Waals surface area (Å²) < 4.78 is 5.43. The summed E-state index contributed by atoms with van der Waals surface area (Å²) in [7, 11) is 0. The van der Waals surface area contributed by atoms with E-state index in [0.29, 0.717) is 19.4 Å². The molecular weight excluding hydrogens is 492 g/mol. The van der Waals surface area contributed by atoms with E-state index in [2.05, 4.69) is 4.98 Å².